The van der Waals surface area contributed by atoms with Crippen LogP contribution in [-0.2, 0) is 13.1 Å². The minimum Gasteiger partial charge on any atom is -0.315 e. The molecular weight excluding hydrogens is 336 g/mol. The van der Waals surface area contributed by atoms with Crippen molar-refractivity contribution in [3.05, 3.63) is 83.3 Å². The molecule has 3 aromatic rings. The molecule has 0 radical (unpaired) electrons. The molecule has 0 spiro atoms. The number of carbonyl (C=O) groups is 1. The van der Waals surface area contributed by atoms with Crippen LogP contribution in [0.1, 0.15) is 11.1 Å². The molecule has 3 heterocycles. The van der Waals surface area contributed by atoms with Crippen LogP contribution in [0, 0.1) is 0 Å². The average Bonchev–Trinajstić information content (AvgIpc) is 2.63. The molecule has 4 rings (SSSR count). The second-order valence-corrected chi connectivity index (χ2v) is 6.23. The van der Waals surface area contributed by atoms with E-state index in [-0.39, 0.29) is 6.03 Å². The van der Waals surface area contributed by atoms with Crippen molar-refractivity contribution in [3.63, 3.8) is 0 Å². The fraction of sp³-hybridized carbons (Fsp3) is 0.105. The first kappa shape index (κ1) is 15.6. The molecule has 2 aromatic heterocycles. The second kappa shape index (κ2) is 6.53. The molecule has 1 aromatic carbocycles. The van der Waals surface area contributed by atoms with Gasteiger partial charge in [0.15, 0.2) is 0 Å². The number of anilines is 2. The number of halogens is 1. The van der Waals surface area contributed by atoms with Gasteiger partial charge in [-0.15, -0.1) is 0 Å². The van der Waals surface area contributed by atoms with Crippen LogP contribution in [0.4, 0.5) is 16.3 Å². The first-order chi connectivity index (χ1) is 12.2. The van der Waals surface area contributed by atoms with Gasteiger partial charge in [0.2, 0.25) is 0 Å². The lowest BCUT2D eigenvalue weighted by Gasteiger charge is -2.36. The van der Waals surface area contributed by atoms with Crippen LogP contribution in [0.2, 0.25) is 5.02 Å². The minimum atomic E-state index is -0.120. The summed E-state index contributed by atoms with van der Waals surface area (Å²) in [4.78, 5) is 25.0. The zero-order valence-electron chi connectivity index (χ0n) is 13.3. The van der Waals surface area contributed by atoms with E-state index in [0.717, 1.165) is 11.1 Å². The number of aromatic nitrogens is 2. The molecule has 0 bridgehead atoms. The Morgan fingerprint density at radius 3 is 2.68 bits per heavy atom. The third kappa shape index (κ3) is 3.06. The lowest BCUT2D eigenvalue weighted by atomic mass is 10.1. The Kier molecular flexibility index (Phi) is 4.07. The normalized spacial score (nSPS) is 13.7. The summed E-state index contributed by atoms with van der Waals surface area (Å²) >= 11 is 6.13. The lowest BCUT2D eigenvalue weighted by molar-refractivity contribution is 0.198. The molecule has 0 N–H and O–H groups in total. The summed E-state index contributed by atoms with van der Waals surface area (Å²) in [5, 5.41) is 0.578. The van der Waals surface area contributed by atoms with Crippen LogP contribution in [0.3, 0.4) is 0 Å². The Balaban J connectivity index is 1.75. The van der Waals surface area contributed by atoms with Crippen molar-refractivity contribution in [2.24, 2.45) is 0 Å². The highest BCUT2D eigenvalue weighted by Gasteiger charge is 2.32. The zero-order valence-corrected chi connectivity index (χ0v) is 14.1. The van der Waals surface area contributed by atoms with E-state index in [1.165, 1.54) is 0 Å². The smallest absolute Gasteiger partial charge is 0.315 e. The van der Waals surface area contributed by atoms with Gasteiger partial charge in [-0.1, -0.05) is 23.7 Å². The number of benzene rings is 1. The summed E-state index contributed by atoms with van der Waals surface area (Å²) in [6.45, 7) is 1.02. The maximum Gasteiger partial charge on any atom is 0.330 e. The van der Waals surface area contributed by atoms with E-state index in [2.05, 4.69) is 9.97 Å². The summed E-state index contributed by atoms with van der Waals surface area (Å²) in [6, 6.07) is 14.8. The van der Waals surface area contributed by atoms with E-state index in [9.17, 15) is 4.79 Å². The molecule has 2 amide bonds. The van der Waals surface area contributed by atoms with Crippen molar-refractivity contribution in [2.75, 3.05) is 4.90 Å². The Morgan fingerprint density at radius 2 is 1.88 bits per heavy atom. The zero-order chi connectivity index (χ0) is 17.2. The van der Waals surface area contributed by atoms with Gasteiger partial charge in [-0.2, -0.15) is 0 Å². The van der Waals surface area contributed by atoms with Crippen LogP contribution >= 0.6 is 11.6 Å². The van der Waals surface area contributed by atoms with E-state index in [4.69, 9.17) is 11.6 Å². The predicted octanol–water partition coefficient (Wildman–Crippen LogP) is 4.40. The third-order valence-electron chi connectivity index (χ3n) is 4.09. The average molecular weight is 351 g/mol. The molecule has 1 aliphatic heterocycles. The number of hydrogen-bond acceptors (Lipinski definition) is 3. The first-order valence-electron chi connectivity index (χ1n) is 7.90. The van der Waals surface area contributed by atoms with Gasteiger partial charge >= 0.3 is 6.03 Å². The molecule has 0 saturated carbocycles. The van der Waals surface area contributed by atoms with Crippen molar-refractivity contribution < 1.29 is 4.79 Å². The van der Waals surface area contributed by atoms with Crippen molar-refractivity contribution in [1.29, 1.82) is 0 Å². The maximum absolute atomic E-state index is 13.2. The number of nitrogens with zero attached hydrogens (tertiary/aromatic N) is 4. The van der Waals surface area contributed by atoms with Gasteiger partial charge in [0.25, 0.3) is 0 Å². The Hall–Kier alpha value is -2.92. The van der Waals surface area contributed by atoms with Gasteiger partial charge in [0.1, 0.15) is 5.82 Å². The van der Waals surface area contributed by atoms with Gasteiger partial charge in [-0.25, -0.2) is 14.7 Å². The van der Waals surface area contributed by atoms with Gasteiger partial charge in [-0.05, 0) is 42.0 Å². The number of urea groups is 1. The third-order valence-corrected chi connectivity index (χ3v) is 4.33. The Labute approximate surface area is 150 Å². The van der Waals surface area contributed by atoms with Crippen LogP contribution in [0.5, 0.6) is 0 Å². The highest BCUT2D eigenvalue weighted by Crippen LogP contribution is 2.34. The Morgan fingerprint density at radius 1 is 1.04 bits per heavy atom. The topological polar surface area (TPSA) is 49.3 Å². The van der Waals surface area contributed by atoms with Crippen molar-refractivity contribution in [3.8, 4) is 0 Å². The summed E-state index contributed by atoms with van der Waals surface area (Å²) in [5.74, 6) is 0.653. The monoisotopic (exact) mass is 350 g/mol. The van der Waals surface area contributed by atoms with E-state index < -0.39 is 0 Å². The number of carbonyl (C=O) groups excluding carboxylic acids is 1. The number of rotatable bonds is 3. The second-order valence-electron chi connectivity index (χ2n) is 5.80. The largest absolute Gasteiger partial charge is 0.330 e. The van der Waals surface area contributed by atoms with Gasteiger partial charge in [-0.3, -0.25) is 4.98 Å². The predicted molar refractivity (Wildman–Crippen MR) is 96.7 cm³/mol. The molecular formula is C19H15ClN4O. The number of hydrogen-bond donors (Lipinski definition) is 0. The molecule has 25 heavy (non-hydrogen) atoms. The van der Waals surface area contributed by atoms with E-state index >= 15 is 0 Å². The number of pyridine rings is 2. The number of fused-ring (bicyclic) bond motifs is 1. The SMILES string of the molecule is O=C1N(Cc2ccncc2)Cc2cccnc2N1c1cccc(Cl)c1. The molecule has 5 nitrogen and oxygen atoms in total. The fourth-order valence-electron chi connectivity index (χ4n) is 2.94. The molecule has 0 fully saturated rings. The number of amides is 2. The first-order valence-corrected chi connectivity index (χ1v) is 8.27. The van der Waals surface area contributed by atoms with Crippen LogP contribution in [0.15, 0.2) is 67.1 Å². The van der Waals surface area contributed by atoms with Crippen LogP contribution < -0.4 is 4.90 Å². The minimum absolute atomic E-state index is 0.120. The standard InChI is InChI=1S/C19H15ClN4O/c20-16-4-1-5-17(11-16)24-18-15(3-2-8-22-18)13-23(19(24)25)12-14-6-9-21-10-7-14/h1-11H,12-13H2. The molecule has 1 aliphatic rings. The van der Waals surface area contributed by atoms with Gasteiger partial charge in [0, 0.05) is 35.7 Å². The molecule has 6 heteroatoms. The molecule has 124 valence electrons. The van der Waals surface area contributed by atoms with E-state index in [1.54, 1.807) is 40.5 Å². The van der Waals surface area contributed by atoms with Crippen LogP contribution in [0.25, 0.3) is 0 Å². The quantitative estimate of drug-likeness (QED) is 0.703. The van der Waals surface area contributed by atoms with Crippen molar-refractivity contribution in [2.45, 2.75) is 13.1 Å². The summed E-state index contributed by atoms with van der Waals surface area (Å²) in [5.41, 5.74) is 2.73. The van der Waals surface area contributed by atoms with E-state index in [1.807, 2.05) is 36.4 Å². The molecule has 0 saturated heterocycles. The maximum atomic E-state index is 13.2. The van der Waals surface area contributed by atoms with Crippen LogP contribution in [-0.4, -0.2) is 20.9 Å². The Bertz CT molecular complexity index is 916. The van der Waals surface area contributed by atoms with Gasteiger partial charge in [0.05, 0.1) is 12.2 Å². The molecule has 0 atom stereocenters. The molecule has 0 aliphatic carbocycles. The summed E-state index contributed by atoms with van der Waals surface area (Å²) < 4.78 is 0. The van der Waals surface area contributed by atoms with Crippen molar-refractivity contribution >= 4 is 29.1 Å². The molecule has 0 unspecified atom stereocenters. The highest BCUT2D eigenvalue weighted by atomic mass is 35.5. The summed E-state index contributed by atoms with van der Waals surface area (Å²) in [7, 11) is 0. The summed E-state index contributed by atoms with van der Waals surface area (Å²) in [6.07, 6.45) is 5.16. The van der Waals surface area contributed by atoms with Crippen molar-refractivity contribution in [1.82, 2.24) is 14.9 Å². The lowest BCUT2D eigenvalue weighted by Crippen LogP contribution is -2.44. The highest BCUT2D eigenvalue weighted by molar-refractivity contribution is 6.31. The van der Waals surface area contributed by atoms with Gasteiger partial charge < -0.3 is 4.90 Å². The fourth-order valence-corrected chi connectivity index (χ4v) is 3.12. The van der Waals surface area contributed by atoms with E-state index in [0.29, 0.717) is 29.6 Å².